The lowest BCUT2D eigenvalue weighted by Crippen LogP contribution is -2.48. The van der Waals surface area contributed by atoms with Crippen LogP contribution in [-0.4, -0.2) is 48.7 Å². The van der Waals surface area contributed by atoms with Crippen LogP contribution in [0.15, 0.2) is 18.2 Å². The van der Waals surface area contributed by atoms with Crippen LogP contribution in [0, 0.1) is 5.92 Å². The molecule has 2 N–H and O–H groups in total. The van der Waals surface area contributed by atoms with Crippen LogP contribution in [0.1, 0.15) is 25.8 Å². The van der Waals surface area contributed by atoms with Gasteiger partial charge in [0.05, 0.1) is 6.61 Å². The summed E-state index contributed by atoms with van der Waals surface area (Å²) in [7, 11) is 0. The molecular weight excluding hydrogens is 280 g/mol. The lowest BCUT2D eigenvalue weighted by molar-refractivity contribution is -0.135. The SMILES string of the molecule is CCOc1cccc(CCC(C)C(=O)N2CCNCC2)c1O. The Morgan fingerprint density at radius 1 is 1.41 bits per heavy atom. The summed E-state index contributed by atoms with van der Waals surface area (Å²) in [6.07, 6.45) is 1.40. The van der Waals surface area contributed by atoms with Crippen LogP contribution < -0.4 is 10.1 Å². The van der Waals surface area contributed by atoms with Gasteiger partial charge in [-0.25, -0.2) is 0 Å². The Labute approximate surface area is 132 Å². The third-order valence-electron chi connectivity index (χ3n) is 4.08. The van der Waals surface area contributed by atoms with Crippen LogP contribution in [0.4, 0.5) is 0 Å². The number of hydrogen-bond donors (Lipinski definition) is 2. The number of nitrogens with zero attached hydrogens (tertiary/aromatic N) is 1. The maximum Gasteiger partial charge on any atom is 0.225 e. The molecule has 1 unspecified atom stereocenters. The largest absolute Gasteiger partial charge is 0.504 e. The van der Waals surface area contributed by atoms with Gasteiger partial charge in [0.2, 0.25) is 5.91 Å². The smallest absolute Gasteiger partial charge is 0.225 e. The second-order valence-corrected chi connectivity index (χ2v) is 5.71. The van der Waals surface area contributed by atoms with Crippen molar-refractivity contribution in [2.45, 2.75) is 26.7 Å². The molecule has 1 atom stereocenters. The lowest BCUT2D eigenvalue weighted by Gasteiger charge is -2.29. The highest BCUT2D eigenvalue weighted by Gasteiger charge is 2.22. The van der Waals surface area contributed by atoms with Gasteiger partial charge in [-0.3, -0.25) is 4.79 Å². The van der Waals surface area contributed by atoms with Crippen LogP contribution in [0.2, 0.25) is 0 Å². The number of phenols is 1. The lowest BCUT2D eigenvalue weighted by atomic mass is 9.98. The van der Waals surface area contributed by atoms with Crippen molar-refractivity contribution in [2.24, 2.45) is 5.92 Å². The van der Waals surface area contributed by atoms with E-state index in [1.54, 1.807) is 6.07 Å². The zero-order valence-electron chi connectivity index (χ0n) is 13.5. The van der Waals surface area contributed by atoms with Crippen LogP contribution in [0.5, 0.6) is 11.5 Å². The highest BCUT2D eigenvalue weighted by atomic mass is 16.5. The van der Waals surface area contributed by atoms with E-state index in [0.29, 0.717) is 18.8 Å². The van der Waals surface area contributed by atoms with Crippen molar-refractivity contribution in [3.63, 3.8) is 0 Å². The van der Waals surface area contributed by atoms with E-state index >= 15 is 0 Å². The normalized spacial score (nSPS) is 16.4. The van der Waals surface area contributed by atoms with Crippen LogP contribution in [0.3, 0.4) is 0 Å². The standard InChI is InChI=1S/C17H26N2O3/c1-3-22-15-6-4-5-14(16(15)20)8-7-13(2)17(21)19-11-9-18-10-12-19/h4-6,13,18,20H,3,7-12H2,1-2H3. The predicted octanol–water partition coefficient (Wildman–Crippen LogP) is 1.79. The number of aryl methyl sites for hydroxylation is 1. The van der Waals surface area contributed by atoms with Crippen molar-refractivity contribution >= 4 is 5.91 Å². The maximum atomic E-state index is 12.4. The molecule has 5 heteroatoms. The van der Waals surface area contributed by atoms with Gasteiger partial charge >= 0.3 is 0 Å². The number of hydrogen-bond acceptors (Lipinski definition) is 4. The van der Waals surface area contributed by atoms with Gasteiger partial charge in [0.1, 0.15) is 0 Å². The van der Waals surface area contributed by atoms with Crippen LogP contribution in [-0.2, 0) is 11.2 Å². The Morgan fingerprint density at radius 3 is 2.82 bits per heavy atom. The van der Waals surface area contributed by atoms with Crippen molar-refractivity contribution in [2.75, 3.05) is 32.8 Å². The summed E-state index contributed by atoms with van der Waals surface area (Å²) in [4.78, 5) is 14.3. The third kappa shape index (κ3) is 4.13. The Bertz CT molecular complexity index is 499. The molecule has 2 rings (SSSR count). The quantitative estimate of drug-likeness (QED) is 0.841. The fraction of sp³-hybridized carbons (Fsp3) is 0.588. The minimum absolute atomic E-state index is 0.0340. The molecule has 0 spiro atoms. The number of piperazine rings is 1. The van der Waals surface area contributed by atoms with Gasteiger partial charge in [-0.05, 0) is 31.4 Å². The van der Waals surface area contributed by atoms with Crippen LogP contribution >= 0.6 is 0 Å². The topological polar surface area (TPSA) is 61.8 Å². The monoisotopic (exact) mass is 306 g/mol. The third-order valence-corrected chi connectivity index (χ3v) is 4.08. The Kier molecular flexibility index (Phi) is 6.07. The summed E-state index contributed by atoms with van der Waals surface area (Å²) >= 11 is 0. The second kappa shape index (κ2) is 8.03. The number of nitrogens with one attached hydrogen (secondary N) is 1. The molecular formula is C17H26N2O3. The molecule has 1 saturated heterocycles. The molecule has 1 aliphatic rings. The van der Waals surface area contributed by atoms with E-state index in [1.165, 1.54) is 0 Å². The fourth-order valence-electron chi connectivity index (χ4n) is 2.73. The molecule has 1 fully saturated rings. The van der Waals surface area contributed by atoms with Crippen molar-refractivity contribution in [3.05, 3.63) is 23.8 Å². The van der Waals surface area contributed by atoms with E-state index in [0.717, 1.165) is 38.2 Å². The molecule has 0 aromatic heterocycles. The van der Waals surface area contributed by atoms with E-state index in [9.17, 15) is 9.90 Å². The van der Waals surface area contributed by atoms with Gasteiger partial charge < -0.3 is 20.1 Å². The van der Waals surface area contributed by atoms with Crippen molar-refractivity contribution in [1.29, 1.82) is 0 Å². The number of para-hydroxylation sites is 1. The first-order chi connectivity index (χ1) is 10.6. The molecule has 5 nitrogen and oxygen atoms in total. The average Bonchev–Trinajstić information content (AvgIpc) is 2.55. The number of benzene rings is 1. The zero-order valence-corrected chi connectivity index (χ0v) is 13.5. The molecule has 1 aromatic carbocycles. The minimum Gasteiger partial charge on any atom is -0.504 e. The number of carbonyl (C=O) groups excluding carboxylic acids is 1. The second-order valence-electron chi connectivity index (χ2n) is 5.71. The molecule has 1 aromatic rings. The molecule has 122 valence electrons. The zero-order chi connectivity index (χ0) is 15.9. The van der Waals surface area contributed by atoms with Gasteiger partial charge in [0.15, 0.2) is 11.5 Å². The molecule has 0 aliphatic carbocycles. The summed E-state index contributed by atoms with van der Waals surface area (Å²) in [6, 6.07) is 5.53. The summed E-state index contributed by atoms with van der Waals surface area (Å²) in [5.74, 6) is 0.891. The molecule has 1 amide bonds. The maximum absolute atomic E-state index is 12.4. The first-order valence-corrected chi connectivity index (χ1v) is 8.06. The Balaban J connectivity index is 1.91. The average molecular weight is 306 g/mol. The van der Waals surface area contributed by atoms with Gasteiger partial charge in [-0.15, -0.1) is 0 Å². The predicted molar refractivity (Wildman–Crippen MR) is 86.2 cm³/mol. The van der Waals surface area contributed by atoms with E-state index in [2.05, 4.69) is 5.32 Å². The van der Waals surface area contributed by atoms with Gasteiger partial charge in [0, 0.05) is 32.1 Å². The van der Waals surface area contributed by atoms with Gasteiger partial charge in [0.25, 0.3) is 0 Å². The van der Waals surface area contributed by atoms with E-state index < -0.39 is 0 Å². The van der Waals surface area contributed by atoms with E-state index in [4.69, 9.17) is 4.74 Å². The number of carbonyl (C=O) groups is 1. The van der Waals surface area contributed by atoms with E-state index in [-0.39, 0.29) is 17.6 Å². The minimum atomic E-state index is -0.0340. The number of phenolic OH excluding ortho intramolecular Hbond substituents is 1. The summed E-state index contributed by atoms with van der Waals surface area (Å²) in [6.45, 7) is 7.69. The molecule has 0 bridgehead atoms. The van der Waals surface area contributed by atoms with E-state index in [1.807, 2.05) is 30.9 Å². The van der Waals surface area contributed by atoms with Crippen LogP contribution in [0.25, 0.3) is 0 Å². The van der Waals surface area contributed by atoms with Crippen molar-refractivity contribution in [3.8, 4) is 11.5 Å². The van der Waals surface area contributed by atoms with Crippen molar-refractivity contribution in [1.82, 2.24) is 10.2 Å². The molecule has 0 saturated carbocycles. The number of ether oxygens (including phenoxy) is 1. The highest BCUT2D eigenvalue weighted by Crippen LogP contribution is 2.31. The number of amides is 1. The first-order valence-electron chi connectivity index (χ1n) is 8.06. The summed E-state index contributed by atoms with van der Waals surface area (Å²) < 4.78 is 5.39. The van der Waals surface area contributed by atoms with Crippen molar-refractivity contribution < 1.29 is 14.6 Å². The highest BCUT2D eigenvalue weighted by molar-refractivity contribution is 5.78. The molecule has 22 heavy (non-hydrogen) atoms. The number of rotatable bonds is 6. The van der Waals surface area contributed by atoms with Gasteiger partial charge in [-0.2, -0.15) is 0 Å². The molecule has 1 aliphatic heterocycles. The number of aromatic hydroxyl groups is 1. The fourth-order valence-corrected chi connectivity index (χ4v) is 2.73. The molecule has 1 heterocycles. The summed E-state index contributed by atoms with van der Waals surface area (Å²) in [5.41, 5.74) is 0.839. The summed E-state index contributed by atoms with van der Waals surface area (Å²) in [5, 5.41) is 13.4. The Morgan fingerprint density at radius 2 is 2.14 bits per heavy atom. The Hall–Kier alpha value is -1.75. The first kappa shape index (κ1) is 16.6. The van der Waals surface area contributed by atoms with Gasteiger partial charge in [-0.1, -0.05) is 19.1 Å². The molecule has 0 radical (unpaired) electrons.